The molecule has 0 fully saturated rings. The van der Waals surface area contributed by atoms with E-state index in [0.717, 1.165) is 17.9 Å². The molecule has 7 nitrogen and oxygen atoms in total. The lowest BCUT2D eigenvalue weighted by atomic mass is 10.1. The number of aliphatic hydroxyl groups is 1. The minimum Gasteiger partial charge on any atom is -0.391 e. The molecule has 2 aromatic rings. The number of nitrogens with one attached hydrogen (secondary N) is 1. The first kappa shape index (κ1) is 17.9. The van der Waals surface area contributed by atoms with E-state index < -0.39 is 20.9 Å². The molecule has 128 valence electrons. The number of sulfone groups is 1. The number of hydrogen-bond donors (Lipinski definition) is 2. The molecule has 1 unspecified atom stereocenters. The lowest BCUT2D eigenvalue weighted by molar-refractivity contribution is -0.384. The minimum absolute atomic E-state index is 0.105. The van der Waals surface area contributed by atoms with E-state index in [1.54, 1.807) is 0 Å². The average Bonchev–Trinajstić information content (AvgIpc) is 2.52. The third-order valence-electron chi connectivity index (χ3n) is 3.44. The van der Waals surface area contributed by atoms with E-state index >= 15 is 0 Å². The van der Waals surface area contributed by atoms with E-state index in [1.165, 1.54) is 12.1 Å². The van der Waals surface area contributed by atoms with Crippen LogP contribution in [0.1, 0.15) is 5.56 Å². The van der Waals surface area contributed by atoms with Crippen molar-refractivity contribution < 1.29 is 18.4 Å². The van der Waals surface area contributed by atoms with Crippen LogP contribution in [0.3, 0.4) is 0 Å². The minimum atomic E-state index is -3.53. The Labute approximate surface area is 140 Å². The molecule has 0 aliphatic carbocycles. The molecule has 0 aromatic heterocycles. The zero-order chi connectivity index (χ0) is 17.7. The summed E-state index contributed by atoms with van der Waals surface area (Å²) in [7, 11) is -3.53. The zero-order valence-corrected chi connectivity index (χ0v) is 13.9. The molecular formula is C16H18N2O5S. The summed E-state index contributed by atoms with van der Waals surface area (Å²) >= 11 is 0. The topological polar surface area (TPSA) is 110 Å². The third-order valence-corrected chi connectivity index (χ3v) is 4.55. The van der Waals surface area contributed by atoms with Gasteiger partial charge in [-0.25, -0.2) is 8.42 Å². The van der Waals surface area contributed by atoms with Gasteiger partial charge in [0.05, 0.1) is 15.9 Å². The number of aliphatic hydroxyl groups excluding tert-OH is 1. The van der Waals surface area contributed by atoms with Gasteiger partial charge in [0, 0.05) is 25.3 Å². The van der Waals surface area contributed by atoms with Crippen LogP contribution < -0.4 is 5.32 Å². The second-order valence-electron chi connectivity index (χ2n) is 5.43. The van der Waals surface area contributed by atoms with E-state index in [9.17, 15) is 23.6 Å². The van der Waals surface area contributed by atoms with Crippen molar-refractivity contribution in [1.82, 2.24) is 0 Å². The first-order valence-corrected chi connectivity index (χ1v) is 9.11. The molecule has 0 aliphatic rings. The van der Waals surface area contributed by atoms with E-state index in [-0.39, 0.29) is 22.8 Å². The smallest absolute Gasteiger partial charge is 0.293 e. The van der Waals surface area contributed by atoms with Gasteiger partial charge in [0.2, 0.25) is 0 Å². The molecule has 2 aromatic carbocycles. The van der Waals surface area contributed by atoms with Crippen LogP contribution in [0, 0.1) is 10.1 Å². The van der Waals surface area contributed by atoms with Gasteiger partial charge in [-0.2, -0.15) is 0 Å². The van der Waals surface area contributed by atoms with Crippen LogP contribution in [0.2, 0.25) is 0 Å². The fraction of sp³-hybridized carbons (Fsp3) is 0.250. The van der Waals surface area contributed by atoms with E-state index in [4.69, 9.17) is 0 Å². The van der Waals surface area contributed by atoms with Crippen molar-refractivity contribution >= 4 is 21.2 Å². The van der Waals surface area contributed by atoms with Gasteiger partial charge in [0.25, 0.3) is 5.69 Å². The van der Waals surface area contributed by atoms with Gasteiger partial charge < -0.3 is 10.4 Å². The summed E-state index contributed by atoms with van der Waals surface area (Å²) in [5, 5.41) is 24.0. The van der Waals surface area contributed by atoms with Crippen molar-refractivity contribution in [1.29, 1.82) is 0 Å². The van der Waals surface area contributed by atoms with Crippen molar-refractivity contribution in [3.8, 4) is 0 Å². The van der Waals surface area contributed by atoms with Crippen molar-refractivity contribution in [2.45, 2.75) is 17.4 Å². The highest BCUT2D eigenvalue weighted by Crippen LogP contribution is 2.27. The molecule has 0 amide bonds. The van der Waals surface area contributed by atoms with Gasteiger partial charge >= 0.3 is 0 Å². The SMILES string of the molecule is CS(=O)(=O)c1ccc(NCC(O)Cc2ccccc2)c([N+](=O)[O-])c1. The molecule has 0 radical (unpaired) electrons. The summed E-state index contributed by atoms with van der Waals surface area (Å²) in [4.78, 5) is 10.4. The maximum absolute atomic E-state index is 11.5. The average molecular weight is 350 g/mol. The third kappa shape index (κ3) is 4.77. The molecule has 24 heavy (non-hydrogen) atoms. The first-order chi connectivity index (χ1) is 11.3. The van der Waals surface area contributed by atoms with Crippen molar-refractivity contribution in [3.05, 3.63) is 64.2 Å². The maximum atomic E-state index is 11.5. The van der Waals surface area contributed by atoms with Crippen LogP contribution in [0.4, 0.5) is 11.4 Å². The van der Waals surface area contributed by atoms with Crippen molar-refractivity contribution in [3.63, 3.8) is 0 Å². The van der Waals surface area contributed by atoms with Gasteiger partial charge in [-0.05, 0) is 17.7 Å². The lowest BCUT2D eigenvalue weighted by Gasteiger charge is -2.13. The second kappa shape index (κ2) is 7.41. The summed E-state index contributed by atoms with van der Waals surface area (Å²) in [6, 6.07) is 13.0. The van der Waals surface area contributed by atoms with Crippen LogP contribution in [0.25, 0.3) is 0 Å². The van der Waals surface area contributed by atoms with Crippen LogP contribution in [0.15, 0.2) is 53.4 Å². The highest BCUT2D eigenvalue weighted by atomic mass is 32.2. The van der Waals surface area contributed by atoms with Crippen LogP contribution >= 0.6 is 0 Å². The maximum Gasteiger partial charge on any atom is 0.293 e. The van der Waals surface area contributed by atoms with E-state index in [2.05, 4.69) is 5.32 Å². The zero-order valence-electron chi connectivity index (χ0n) is 13.0. The van der Waals surface area contributed by atoms with Crippen LogP contribution in [0.5, 0.6) is 0 Å². The highest BCUT2D eigenvalue weighted by Gasteiger charge is 2.19. The molecule has 0 aliphatic heterocycles. The standard InChI is InChI=1S/C16H18N2O5S/c1-24(22,23)14-7-8-15(16(10-14)18(20)21)17-11-13(19)9-12-5-3-2-4-6-12/h2-8,10,13,17,19H,9,11H2,1H3. The summed E-state index contributed by atoms with van der Waals surface area (Å²) in [6.45, 7) is 0.105. The van der Waals surface area contributed by atoms with Crippen molar-refractivity contribution in [2.75, 3.05) is 18.1 Å². The number of anilines is 1. The van der Waals surface area contributed by atoms with Crippen LogP contribution in [-0.2, 0) is 16.3 Å². The molecule has 0 bridgehead atoms. The molecule has 8 heteroatoms. The van der Waals surface area contributed by atoms with Gasteiger partial charge in [-0.15, -0.1) is 0 Å². The van der Waals surface area contributed by atoms with Gasteiger partial charge in [-0.3, -0.25) is 10.1 Å². The Morgan fingerprint density at radius 3 is 2.46 bits per heavy atom. The molecule has 2 N–H and O–H groups in total. The number of hydrogen-bond acceptors (Lipinski definition) is 6. The molecule has 0 heterocycles. The first-order valence-electron chi connectivity index (χ1n) is 7.21. The number of rotatable bonds is 7. The quantitative estimate of drug-likeness (QED) is 0.584. The normalized spacial score (nSPS) is 12.6. The Bertz CT molecular complexity index is 822. The second-order valence-corrected chi connectivity index (χ2v) is 7.45. The highest BCUT2D eigenvalue weighted by molar-refractivity contribution is 7.90. The summed E-state index contributed by atoms with van der Waals surface area (Å²) in [5.41, 5.74) is 0.776. The van der Waals surface area contributed by atoms with E-state index in [1.807, 2.05) is 30.3 Å². The lowest BCUT2D eigenvalue weighted by Crippen LogP contribution is -2.22. The predicted octanol–water partition coefficient (Wildman–Crippen LogP) is 2.01. The number of nitro benzene ring substituents is 1. The number of nitro groups is 1. The number of nitrogens with zero attached hydrogens (tertiary/aromatic N) is 1. The Morgan fingerprint density at radius 1 is 1.21 bits per heavy atom. The molecule has 0 saturated heterocycles. The fourth-order valence-corrected chi connectivity index (χ4v) is 2.87. The fourth-order valence-electron chi connectivity index (χ4n) is 2.23. The van der Waals surface area contributed by atoms with E-state index in [0.29, 0.717) is 6.42 Å². The Morgan fingerprint density at radius 2 is 1.88 bits per heavy atom. The molecule has 0 saturated carbocycles. The van der Waals surface area contributed by atoms with Gasteiger partial charge in [0.1, 0.15) is 5.69 Å². The van der Waals surface area contributed by atoms with Crippen molar-refractivity contribution in [2.24, 2.45) is 0 Å². The Balaban J connectivity index is 2.10. The predicted molar refractivity (Wildman–Crippen MR) is 90.8 cm³/mol. The Kier molecular flexibility index (Phi) is 5.53. The van der Waals surface area contributed by atoms with Crippen LogP contribution in [-0.4, -0.2) is 37.4 Å². The molecule has 0 spiro atoms. The summed E-state index contributed by atoms with van der Waals surface area (Å²) in [6.07, 6.45) is 0.660. The van der Waals surface area contributed by atoms with Gasteiger partial charge in [0.15, 0.2) is 9.84 Å². The molecular weight excluding hydrogens is 332 g/mol. The Hall–Kier alpha value is -2.45. The van der Waals surface area contributed by atoms with Gasteiger partial charge in [-0.1, -0.05) is 30.3 Å². The molecule has 2 rings (SSSR count). The number of benzene rings is 2. The monoisotopic (exact) mass is 350 g/mol. The summed E-state index contributed by atoms with van der Waals surface area (Å²) < 4.78 is 23.0. The molecule has 1 atom stereocenters. The largest absolute Gasteiger partial charge is 0.391 e. The summed E-state index contributed by atoms with van der Waals surface area (Å²) in [5.74, 6) is 0.